The molecule has 4 rings (SSSR count). The summed E-state index contributed by atoms with van der Waals surface area (Å²) in [5.41, 5.74) is 4.48. The van der Waals surface area contributed by atoms with E-state index in [1.165, 1.54) is 0 Å². The lowest BCUT2D eigenvalue weighted by atomic mass is 9.85. The summed E-state index contributed by atoms with van der Waals surface area (Å²) >= 11 is 6.45. The van der Waals surface area contributed by atoms with Gasteiger partial charge in [-0.3, -0.25) is 9.69 Å². The number of benzene rings is 1. The molecular weight excluding hydrogens is 362 g/mol. The van der Waals surface area contributed by atoms with E-state index >= 15 is 0 Å². The van der Waals surface area contributed by atoms with Gasteiger partial charge >= 0.3 is 0 Å². The zero-order valence-electron chi connectivity index (χ0n) is 15.7. The van der Waals surface area contributed by atoms with E-state index in [0.717, 1.165) is 28.2 Å². The first-order chi connectivity index (χ1) is 12.9. The monoisotopic (exact) mass is 381 g/mol. The van der Waals surface area contributed by atoms with Gasteiger partial charge in [-0.05, 0) is 38.5 Å². The topological polar surface area (TPSA) is 63.9 Å². The van der Waals surface area contributed by atoms with Gasteiger partial charge in [0.05, 0.1) is 5.69 Å². The zero-order chi connectivity index (χ0) is 19.3. The fourth-order valence-corrected chi connectivity index (χ4v) is 4.02. The van der Waals surface area contributed by atoms with Crippen LogP contribution in [0.25, 0.3) is 5.95 Å². The number of hydrogen-bond acceptors (Lipinski definition) is 4. The highest BCUT2D eigenvalue weighted by atomic mass is 35.5. The van der Waals surface area contributed by atoms with Crippen LogP contribution in [0.3, 0.4) is 0 Å². The van der Waals surface area contributed by atoms with Crippen LogP contribution in [0.4, 0.5) is 5.82 Å². The predicted octanol–water partition coefficient (Wildman–Crippen LogP) is 3.74. The van der Waals surface area contributed by atoms with Gasteiger partial charge < -0.3 is 0 Å². The van der Waals surface area contributed by atoms with Crippen molar-refractivity contribution in [2.45, 2.75) is 33.1 Å². The Bertz CT molecular complexity index is 1040. The van der Waals surface area contributed by atoms with Crippen molar-refractivity contribution in [3.8, 4) is 5.95 Å². The summed E-state index contributed by atoms with van der Waals surface area (Å²) in [5.74, 6) is 1.05. The molecule has 6 nitrogen and oxygen atoms in total. The van der Waals surface area contributed by atoms with Crippen LogP contribution >= 0.6 is 11.6 Å². The van der Waals surface area contributed by atoms with Crippen molar-refractivity contribution < 1.29 is 4.79 Å². The number of rotatable bonds is 2. The molecule has 0 unspecified atom stereocenters. The number of carbonyl (C=O) groups is 1. The maximum Gasteiger partial charge on any atom is 0.252 e. The second-order valence-corrected chi connectivity index (χ2v) is 7.32. The number of hydrogen-bond donors (Lipinski definition) is 0. The van der Waals surface area contributed by atoms with Gasteiger partial charge in [0.1, 0.15) is 5.82 Å². The Kier molecular flexibility index (Phi) is 4.23. The molecule has 0 aliphatic carbocycles. The fourth-order valence-electron chi connectivity index (χ4n) is 3.75. The standard InChI is InChI=1S/C20H20ClN5O/c1-11-9-12(2)23-20(22-11)26-19-18(13(3)24-26)15(10-17(27)25(19)4)14-7-5-6-8-16(14)21/h5-9,15H,10H2,1-4H3/t15-/m1/s1. The third-order valence-electron chi connectivity index (χ3n) is 4.94. The number of halogens is 1. The number of aromatic nitrogens is 4. The molecule has 1 amide bonds. The SMILES string of the molecule is Cc1cc(C)nc(-n2nc(C)c3c2N(C)C(=O)C[C@@H]3c2ccccc2Cl)n1. The molecule has 0 saturated heterocycles. The van der Waals surface area contributed by atoms with Crippen LogP contribution in [0.2, 0.25) is 5.02 Å². The van der Waals surface area contributed by atoms with Gasteiger partial charge in [-0.15, -0.1) is 0 Å². The molecule has 3 aromatic rings. The number of fused-ring (bicyclic) bond motifs is 1. The third-order valence-corrected chi connectivity index (χ3v) is 5.29. The molecule has 1 aromatic carbocycles. The molecule has 0 fully saturated rings. The Balaban J connectivity index is 1.96. The Hall–Kier alpha value is -2.73. The van der Waals surface area contributed by atoms with Crippen LogP contribution in [0, 0.1) is 20.8 Å². The molecule has 27 heavy (non-hydrogen) atoms. The second-order valence-electron chi connectivity index (χ2n) is 6.92. The average Bonchev–Trinajstić information content (AvgIpc) is 2.96. The van der Waals surface area contributed by atoms with Crippen LogP contribution in [-0.2, 0) is 4.79 Å². The first kappa shape index (κ1) is 17.7. The summed E-state index contributed by atoms with van der Waals surface area (Å²) < 4.78 is 1.67. The molecule has 0 saturated carbocycles. The van der Waals surface area contributed by atoms with E-state index in [4.69, 9.17) is 11.6 Å². The predicted molar refractivity (Wildman–Crippen MR) is 105 cm³/mol. The number of nitrogens with zero attached hydrogens (tertiary/aromatic N) is 5. The maximum atomic E-state index is 12.8. The van der Waals surface area contributed by atoms with Gasteiger partial charge in [0.25, 0.3) is 5.95 Å². The first-order valence-electron chi connectivity index (χ1n) is 8.80. The fraction of sp³-hybridized carbons (Fsp3) is 0.300. The van der Waals surface area contributed by atoms with Crippen LogP contribution < -0.4 is 4.90 Å². The van der Waals surface area contributed by atoms with Crippen LogP contribution in [0.15, 0.2) is 30.3 Å². The minimum Gasteiger partial charge on any atom is -0.299 e. The number of anilines is 1. The van der Waals surface area contributed by atoms with Crippen LogP contribution in [0.1, 0.15) is 40.5 Å². The molecular formula is C20H20ClN5O. The average molecular weight is 382 g/mol. The van der Waals surface area contributed by atoms with Crippen molar-refractivity contribution >= 4 is 23.3 Å². The normalized spacial score (nSPS) is 16.6. The van der Waals surface area contributed by atoms with Crippen LogP contribution in [0.5, 0.6) is 0 Å². The van der Waals surface area contributed by atoms with Crippen molar-refractivity contribution in [3.05, 3.63) is 63.6 Å². The Morgan fingerprint density at radius 1 is 1.11 bits per heavy atom. The van der Waals surface area contributed by atoms with Gasteiger partial charge in [0.2, 0.25) is 5.91 Å². The zero-order valence-corrected chi connectivity index (χ0v) is 16.4. The van der Waals surface area contributed by atoms with Crippen molar-refractivity contribution in [1.29, 1.82) is 0 Å². The van der Waals surface area contributed by atoms with Gasteiger partial charge in [-0.1, -0.05) is 29.8 Å². The van der Waals surface area contributed by atoms with E-state index in [1.54, 1.807) is 16.6 Å². The molecule has 0 radical (unpaired) electrons. The lowest BCUT2D eigenvalue weighted by molar-refractivity contribution is -0.118. The van der Waals surface area contributed by atoms with Crippen LogP contribution in [-0.4, -0.2) is 32.7 Å². The summed E-state index contributed by atoms with van der Waals surface area (Å²) in [6.07, 6.45) is 0.355. The van der Waals surface area contributed by atoms with E-state index < -0.39 is 0 Å². The Morgan fingerprint density at radius 3 is 2.44 bits per heavy atom. The highest BCUT2D eigenvalue weighted by Crippen LogP contribution is 2.43. The minimum atomic E-state index is -0.142. The summed E-state index contributed by atoms with van der Waals surface area (Å²) in [6.45, 7) is 5.79. The van der Waals surface area contributed by atoms with E-state index in [1.807, 2.05) is 51.1 Å². The molecule has 7 heteroatoms. The summed E-state index contributed by atoms with van der Waals surface area (Å²) in [5, 5.41) is 5.34. The summed E-state index contributed by atoms with van der Waals surface area (Å²) in [4.78, 5) is 23.5. The number of aryl methyl sites for hydroxylation is 3. The minimum absolute atomic E-state index is 0.0120. The summed E-state index contributed by atoms with van der Waals surface area (Å²) in [6, 6.07) is 9.57. The molecule has 0 spiro atoms. The van der Waals surface area contributed by atoms with E-state index in [0.29, 0.717) is 23.2 Å². The number of amides is 1. The number of carbonyl (C=O) groups excluding carboxylic acids is 1. The second kappa shape index (κ2) is 6.46. The Labute approximate surface area is 162 Å². The van der Waals surface area contributed by atoms with Gasteiger partial charge in [-0.2, -0.15) is 9.78 Å². The van der Waals surface area contributed by atoms with Crippen molar-refractivity contribution in [1.82, 2.24) is 19.7 Å². The molecule has 3 heterocycles. The van der Waals surface area contributed by atoms with Gasteiger partial charge in [0.15, 0.2) is 0 Å². The molecule has 0 bridgehead atoms. The highest BCUT2D eigenvalue weighted by Gasteiger charge is 2.37. The molecule has 2 aromatic heterocycles. The molecule has 1 aliphatic heterocycles. The lowest BCUT2D eigenvalue weighted by Crippen LogP contribution is -2.35. The van der Waals surface area contributed by atoms with Gasteiger partial charge in [0, 0.05) is 41.4 Å². The largest absolute Gasteiger partial charge is 0.299 e. The summed E-state index contributed by atoms with van der Waals surface area (Å²) in [7, 11) is 1.77. The smallest absolute Gasteiger partial charge is 0.252 e. The quantitative estimate of drug-likeness (QED) is 0.678. The third kappa shape index (κ3) is 2.90. The Morgan fingerprint density at radius 2 is 1.78 bits per heavy atom. The lowest BCUT2D eigenvalue weighted by Gasteiger charge is -2.30. The molecule has 0 N–H and O–H groups in total. The first-order valence-corrected chi connectivity index (χ1v) is 9.17. The van der Waals surface area contributed by atoms with Crippen molar-refractivity contribution in [2.24, 2.45) is 0 Å². The molecule has 1 atom stereocenters. The van der Waals surface area contributed by atoms with Crippen molar-refractivity contribution in [3.63, 3.8) is 0 Å². The van der Waals surface area contributed by atoms with E-state index in [2.05, 4.69) is 15.1 Å². The molecule has 138 valence electrons. The molecule has 1 aliphatic rings. The van der Waals surface area contributed by atoms with Gasteiger partial charge in [-0.25, -0.2) is 9.97 Å². The maximum absolute atomic E-state index is 12.8. The van der Waals surface area contributed by atoms with Crippen molar-refractivity contribution in [2.75, 3.05) is 11.9 Å². The van der Waals surface area contributed by atoms with E-state index in [9.17, 15) is 4.79 Å². The highest BCUT2D eigenvalue weighted by molar-refractivity contribution is 6.31. The van der Waals surface area contributed by atoms with E-state index in [-0.39, 0.29) is 11.8 Å².